The third kappa shape index (κ3) is 2.56. The van der Waals surface area contributed by atoms with Crippen LogP contribution in [0.4, 0.5) is 0 Å². The molecule has 76 valence electrons. The Bertz CT molecular complexity index is 324. The lowest BCUT2D eigenvalue weighted by Crippen LogP contribution is -2.35. The smallest absolute Gasteiger partial charge is 0.213 e. The topological polar surface area (TPSA) is 105 Å². The molecular weight excluding hydrogens is 194 g/mol. The highest BCUT2D eigenvalue weighted by atomic mass is 32.2. The Hall–Kier alpha value is -0.820. The molecule has 4 N–H and O–H groups in total. The monoisotopic (exact) mass is 207 g/mol. The van der Waals surface area contributed by atoms with Crippen molar-refractivity contribution in [2.45, 2.75) is 18.9 Å². The van der Waals surface area contributed by atoms with Crippen LogP contribution < -0.4 is 11.2 Å². The van der Waals surface area contributed by atoms with Crippen LogP contribution in [0.1, 0.15) is 13.3 Å². The summed E-state index contributed by atoms with van der Waals surface area (Å²) in [5.41, 5.74) is 6.20. The third-order valence-corrected chi connectivity index (χ3v) is 3.88. The van der Waals surface area contributed by atoms with Crippen LogP contribution in [0.15, 0.2) is 4.99 Å². The minimum Gasteiger partial charge on any atom is -0.368 e. The second-order valence-electron chi connectivity index (χ2n) is 3.45. The number of hydroxylamine groups is 1. The molecule has 1 atom stereocenters. The number of guanidine groups is 1. The highest BCUT2D eigenvalue weighted by molar-refractivity contribution is 7.91. The molecular formula is C6H13N3O3S. The lowest BCUT2D eigenvalue weighted by molar-refractivity contribution is 0.231. The van der Waals surface area contributed by atoms with Crippen LogP contribution >= 0.6 is 0 Å². The first-order chi connectivity index (χ1) is 5.87. The van der Waals surface area contributed by atoms with Crippen LogP contribution in [0.3, 0.4) is 0 Å². The molecule has 1 heterocycles. The van der Waals surface area contributed by atoms with Crippen LogP contribution in [0.2, 0.25) is 0 Å². The molecule has 0 saturated carbocycles. The molecule has 0 radical (unpaired) electrons. The maximum absolute atomic E-state index is 11.1. The van der Waals surface area contributed by atoms with Gasteiger partial charge in [0.1, 0.15) is 0 Å². The second-order valence-corrected chi connectivity index (χ2v) is 5.63. The van der Waals surface area contributed by atoms with E-state index < -0.39 is 15.4 Å². The average Bonchev–Trinajstić information content (AvgIpc) is 2.25. The van der Waals surface area contributed by atoms with Crippen molar-refractivity contribution in [3.8, 4) is 0 Å². The summed E-state index contributed by atoms with van der Waals surface area (Å²) in [6, 6.07) is 0. The second kappa shape index (κ2) is 3.15. The lowest BCUT2D eigenvalue weighted by Gasteiger charge is -2.16. The minimum atomic E-state index is -2.98. The zero-order valence-electron chi connectivity index (χ0n) is 7.32. The van der Waals surface area contributed by atoms with Crippen LogP contribution in [0.25, 0.3) is 0 Å². The molecule has 13 heavy (non-hydrogen) atoms. The third-order valence-electron chi connectivity index (χ3n) is 1.99. The standard InChI is InChI=1S/C6H13N3O3S/c1-6(8-5(7)9-10)2-3-13(11,12)4-6/h10H,2-4H2,1H3,(H3,7,8,9). The van der Waals surface area contributed by atoms with Crippen molar-refractivity contribution in [3.63, 3.8) is 0 Å². The van der Waals surface area contributed by atoms with E-state index in [2.05, 4.69) is 4.99 Å². The van der Waals surface area contributed by atoms with Crippen molar-refractivity contribution >= 4 is 15.8 Å². The van der Waals surface area contributed by atoms with Gasteiger partial charge in [-0.1, -0.05) is 0 Å². The molecule has 0 spiro atoms. The zero-order valence-corrected chi connectivity index (χ0v) is 8.13. The van der Waals surface area contributed by atoms with Gasteiger partial charge in [-0.25, -0.2) is 18.9 Å². The summed E-state index contributed by atoms with van der Waals surface area (Å²) < 4.78 is 22.2. The van der Waals surface area contributed by atoms with E-state index >= 15 is 0 Å². The number of aliphatic imine (C=N–C) groups is 1. The van der Waals surface area contributed by atoms with Gasteiger partial charge in [0.25, 0.3) is 0 Å². The Morgan fingerprint density at radius 3 is 2.69 bits per heavy atom. The van der Waals surface area contributed by atoms with E-state index in [-0.39, 0.29) is 17.5 Å². The molecule has 0 amide bonds. The Balaban J connectivity index is 2.82. The fourth-order valence-corrected chi connectivity index (χ4v) is 3.45. The lowest BCUT2D eigenvalue weighted by atomic mass is 10.0. The fourth-order valence-electron chi connectivity index (χ4n) is 1.40. The predicted molar refractivity (Wildman–Crippen MR) is 48.2 cm³/mol. The van der Waals surface area contributed by atoms with Gasteiger partial charge in [-0.15, -0.1) is 0 Å². The summed E-state index contributed by atoms with van der Waals surface area (Å²) in [4.78, 5) is 3.88. The average molecular weight is 207 g/mol. The van der Waals surface area contributed by atoms with Crippen molar-refractivity contribution in [1.29, 1.82) is 0 Å². The molecule has 0 aliphatic carbocycles. The molecule has 0 bridgehead atoms. The first-order valence-corrected chi connectivity index (χ1v) is 5.65. The molecule has 1 saturated heterocycles. The molecule has 0 aromatic rings. The first-order valence-electron chi connectivity index (χ1n) is 3.83. The number of nitrogens with one attached hydrogen (secondary N) is 1. The summed E-state index contributed by atoms with van der Waals surface area (Å²) in [6.07, 6.45) is 0.442. The fraction of sp³-hybridized carbons (Fsp3) is 0.833. The zero-order chi connectivity index (χ0) is 10.1. The molecule has 1 rings (SSSR count). The Kier molecular flexibility index (Phi) is 2.49. The van der Waals surface area contributed by atoms with E-state index in [1.807, 2.05) is 0 Å². The highest BCUT2D eigenvalue weighted by Crippen LogP contribution is 2.26. The maximum Gasteiger partial charge on any atom is 0.213 e. The van der Waals surface area contributed by atoms with Gasteiger partial charge in [0.2, 0.25) is 5.96 Å². The van der Waals surface area contributed by atoms with Crippen molar-refractivity contribution in [2.24, 2.45) is 10.7 Å². The number of rotatable bonds is 1. The van der Waals surface area contributed by atoms with Crippen molar-refractivity contribution in [2.75, 3.05) is 11.5 Å². The van der Waals surface area contributed by atoms with Crippen LogP contribution in [-0.2, 0) is 9.84 Å². The van der Waals surface area contributed by atoms with Crippen LogP contribution in [0, 0.1) is 0 Å². The molecule has 7 heteroatoms. The molecule has 0 aromatic carbocycles. The van der Waals surface area contributed by atoms with Gasteiger partial charge < -0.3 is 5.73 Å². The van der Waals surface area contributed by atoms with Gasteiger partial charge in [0, 0.05) is 0 Å². The molecule has 1 aliphatic rings. The van der Waals surface area contributed by atoms with Gasteiger partial charge >= 0.3 is 0 Å². The summed E-state index contributed by atoms with van der Waals surface area (Å²) in [5, 5.41) is 8.38. The number of sulfone groups is 1. The van der Waals surface area contributed by atoms with Gasteiger partial charge in [-0.3, -0.25) is 5.21 Å². The molecule has 1 unspecified atom stereocenters. The number of hydrogen-bond acceptors (Lipinski definition) is 4. The van der Waals surface area contributed by atoms with E-state index in [0.29, 0.717) is 6.42 Å². The normalized spacial score (nSPS) is 33.2. The summed E-state index contributed by atoms with van der Waals surface area (Å²) in [7, 11) is -2.98. The van der Waals surface area contributed by atoms with Gasteiger partial charge in [0.05, 0.1) is 17.0 Å². The molecule has 0 aromatic heterocycles. The number of hydrogen-bond donors (Lipinski definition) is 3. The highest BCUT2D eigenvalue weighted by Gasteiger charge is 2.38. The van der Waals surface area contributed by atoms with E-state index in [0.717, 1.165) is 0 Å². The first kappa shape index (κ1) is 10.3. The quantitative estimate of drug-likeness (QED) is 0.286. The van der Waals surface area contributed by atoms with E-state index in [9.17, 15) is 8.42 Å². The van der Waals surface area contributed by atoms with Gasteiger partial charge in [-0.05, 0) is 13.3 Å². The molecule has 1 fully saturated rings. The summed E-state index contributed by atoms with van der Waals surface area (Å²) >= 11 is 0. The van der Waals surface area contributed by atoms with Crippen molar-refractivity contribution in [1.82, 2.24) is 5.48 Å². The number of nitrogens with zero attached hydrogens (tertiary/aromatic N) is 1. The van der Waals surface area contributed by atoms with E-state index in [4.69, 9.17) is 10.9 Å². The minimum absolute atomic E-state index is 0.0115. The van der Waals surface area contributed by atoms with E-state index in [1.165, 1.54) is 0 Å². The Morgan fingerprint density at radius 2 is 2.31 bits per heavy atom. The maximum atomic E-state index is 11.1. The molecule has 1 aliphatic heterocycles. The summed E-state index contributed by atoms with van der Waals surface area (Å²) in [5.74, 6) is -0.0340. The predicted octanol–water partition coefficient (Wildman–Crippen LogP) is -1.14. The van der Waals surface area contributed by atoms with Gasteiger partial charge in [0.15, 0.2) is 9.84 Å². The van der Waals surface area contributed by atoms with Crippen molar-refractivity contribution < 1.29 is 13.6 Å². The van der Waals surface area contributed by atoms with Gasteiger partial charge in [-0.2, -0.15) is 0 Å². The molecule has 6 nitrogen and oxygen atoms in total. The van der Waals surface area contributed by atoms with Crippen molar-refractivity contribution in [3.05, 3.63) is 0 Å². The SMILES string of the molecule is CC1(N=C(N)NO)CCS(=O)(=O)C1. The Labute approximate surface area is 76.7 Å². The Morgan fingerprint density at radius 1 is 1.69 bits per heavy atom. The van der Waals surface area contributed by atoms with E-state index in [1.54, 1.807) is 12.4 Å². The number of nitrogens with two attached hydrogens (primary N) is 1. The van der Waals surface area contributed by atoms with Crippen LogP contribution in [0.5, 0.6) is 0 Å². The summed E-state index contributed by atoms with van der Waals surface area (Å²) in [6.45, 7) is 1.70. The largest absolute Gasteiger partial charge is 0.368 e. The van der Waals surface area contributed by atoms with Crippen LogP contribution in [-0.4, -0.2) is 36.6 Å².